The number of aromatic nitrogens is 1. The lowest BCUT2D eigenvalue weighted by Gasteiger charge is -2.38. The van der Waals surface area contributed by atoms with Gasteiger partial charge in [0.05, 0.1) is 5.56 Å². The summed E-state index contributed by atoms with van der Waals surface area (Å²) in [4.78, 5) is 39.3. The molecule has 1 aliphatic rings. The Labute approximate surface area is 185 Å². The summed E-state index contributed by atoms with van der Waals surface area (Å²) in [5, 5.41) is 20.1. The van der Waals surface area contributed by atoms with E-state index >= 15 is 0 Å². The zero-order valence-electron chi connectivity index (χ0n) is 18.0. The van der Waals surface area contributed by atoms with Crippen LogP contribution in [0.3, 0.4) is 0 Å². The van der Waals surface area contributed by atoms with E-state index in [4.69, 9.17) is 0 Å². The van der Waals surface area contributed by atoms with E-state index in [0.29, 0.717) is 42.7 Å². The van der Waals surface area contributed by atoms with Gasteiger partial charge in [0.25, 0.3) is 0 Å². The predicted molar refractivity (Wildman–Crippen MR) is 120 cm³/mol. The first-order valence-electron chi connectivity index (χ1n) is 10.4. The summed E-state index contributed by atoms with van der Waals surface area (Å²) in [6, 6.07) is 11.4. The number of Topliss-reactive ketones (excluding diaryl/α,β-unsaturated/α-hetero) is 1. The molecule has 0 aliphatic carbocycles. The summed E-state index contributed by atoms with van der Waals surface area (Å²) in [7, 11) is 1.83. The van der Waals surface area contributed by atoms with E-state index in [0.717, 1.165) is 11.2 Å². The Balaban J connectivity index is 1.58. The van der Waals surface area contributed by atoms with Crippen LogP contribution in [0.4, 0.5) is 5.69 Å². The number of ketones is 1. The average Bonchev–Trinajstić information content (AvgIpc) is 3.09. The molecule has 4 rings (SSSR count). The van der Waals surface area contributed by atoms with Gasteiger partial charge >= 0.3 is 11.9 Å². The monoisotopic (exact) mass is 435 g/mol. The van der Waals surface area contributed by atoms with Crippen LogP contribution in [0.5, 0.6) is 0 Å². The number of aliphatic carboxylic acids is 1. The van der Waals surface area contributed by atoms with Crippen molar-refractivity contribution in [3.8, 4) is 0 Å². The normalized spacial score (nSPS) is 15.6. The number of carbonyl (C=O) groups excluding carboxylic acids is 1. The van der Waals surface area contributed by atoms with E-state index < -0.39 is 18.0 Å². The Kier molecular flexibility index (Phi) is 5.71. The van der Waals surface area contributed by atoms with Crippen LogP contribution in [0, 0.1) is 0 Å². The third-order valence-electron chi connectivity index (χ3n) is 6.11. The highest BCUT2D eigenvalue weighted by Gasteiger charge is 2.32. The van der Waals surface area contributed by atoms with Gasteiger partial charge in [-0.25, -0.2) is 4.79 Å². The topological polar surface area (TPSA) is 103 Å². The van der Waals surface area contributed by atoms with Crippen LogP contribution in [0.2, 0.25) is 0 Å². The molecule has 8 heteroatoms. The number of aryl methyl sites for hydroxylation is 1. The number of nitrogens with zero attached hydrogens (tertiary/aromatic N) is 3. The molecule has 0 radical (unpaired) electrons. The summed E-state index contributed by atoms with van der Waals surface area (Å²) < 4.78 is 1.83. The van der Waals surface area contributed by atoms with Crippen LogP contribution >= 0.6 is 0 Å². The number of carboxylic acids is 2. The molecule has 2 aromatic carbocycles. The van der Waals surface area contributed by atoms with Gasteiger partial charge in [-0.05, 0) is 49.4 Å². The number of anilines is 1. The fraction of sp³-hybridized carbons (Fsp3) is 0.292. The van der Waals surface area contributed by atoms with Crippen molar-refractivity contribution in [3.63, 3.8) is 0 Å². The molecule has 2 N–H and O–H groups in total. The van der Waals surface area contributed by atoms with Gasteiger partial charge in [-0.2, -0.15) is 0 Å². The molecule has 1 saturated heterocycles. The third-order valence-corrected chi connectivity index (χ3v) is 6.11. The van der Waals surface area contributed by atoms with Gasteiger partial charge in [0.2, 0.25) is 0 Å². The van der Waals surface area contributed by atoms with Crippen molar-refractivity contribution in [1.29, 1.82) is 0 Å². The summed E-state index contributed by atoms with van der Waals surface area (Å²) in [5.74, 6) is -1.98. The molecule has 1 atom stereocenters. The van der Waals surface area contributed by atoms with Crippen LogP contribution in [0.1, 0.15) is 39.2 Å². The van der Waals surface area contributed by atoms with E-state index in [1.54, 1.807) is 30.5 Å². The van der Waals surface area contributed by atoms with Gasteiger partial charge in [0, 0.05) is 67.1 Å². The molecular formula is C24H25N3O5. The molecule has 0 bridgehead atoms. The molecule has 166 valence electrons. The molecule has 0 spiro atoms. The van der Waals surface area contributed by atoms with Crippen LogP contribution in [-0.4, -0.2) is 63.6 Å². The molecule has 1 fully saturated rings. The lowest BCUT2D eigenvalue weighted by molar-refractivity contribution is -0.143. The molecule has 1 aromatic heterocycles. The SMILES string of the molecule is CC(=O)c1ccc(N2CCN([C@H](C(=O)O)c3cn(C)c4ccc(C(=O)O)cc34)CC2)cc1. The Morgan fingerprint density at radius 3 is 2.09 bits per heavy atom. The highest BCUT2D eigenvalue weighted by molar-refractivity contribution is 5.97. The number of piperazine rings is 1. The van der Waals surface area contributed by atoms with Crippen LogP contribution in [0.15, 0.2) is 48.7 Å². The van der Waals surface area contributed by atoms with Crippen LogP contribution < -0.4 is 4.90 Å². The first-order chi connectivity index (χ1) is 15.3. The Morgan fingerprint density at radius 2 is 1.53 bits per heavy atom. The average molecular weight is 435 g/mol. The number of carbonyl (C=O) groups is 3. The Morgan fingerprint density at radius 1 is 0.906 bits per heavy atom. The van der Waals surface area contributed by atoms with Crippen molar-refractivity contribution >= 4 is 34.3 Å². The largest absolute Gasteiger partial charge is 0.480 e. The molecule has 32 heavy (non-hydrogen) atoms. The second kappa shape index (κ2) is 8.47. The Bertz CT molecular complexity index is 1190. The molecule has 8 nitrogen and oxygen atoms in total. The second-order valence-electron chi connectivity index (χ2n) is 8.10. The smallest absolute Gasteiger partial charge is 0.335 e. The zero-order chi connectivity index (χ0) is 23.0. The zero-order valence-corrected chi connectivity index (χ0v) is 18.0. The number of benzene rings is 2. The number of carboxylic acid groups (broad SMARTS) is 2. The maximum atomic E-state index is 12.3. The fourth-order valence-electron chi connectivity index (χ4n) is 4.40. The number of rotatable bonds is 6. The minimum absolute atomic E-state index is 0.0202. The molecular weight excluding hydrogens is 410 g/mol. The molecule has 1 aliphatic heterocycles. The number of aromatic carboxylic acids is 1. The summed E-state index contributed by atoms with van der Waals surface area (Å²) >= 11 is 0. The highest BCUT2D eigenvalue weighted by Crippen LogP contribution is 2.32. The van der Waals surface area contributed by atoms with Crippen LogP contribution in [-0.2, 0) is 11.8 Å². The van der Waals surface area contributed by atoms with E-state index in [1.807, 2.05) is 28.6 Å². The van der Waals surface area contributed by atoms with Crippen molar-refractivity contribution in [2.45, 2.75) is 13.0 Å². The van der Waals surface area contributed by atoms with E-state index in [-0.39, 0.29) is 11.3 Å². The second-order valence-corrected chi connectivity index (χ2v) is 8.10. The van der Waals surface area contributed by atoms with Crippen molar-refractivity contribution in [1.82, 2.24) is 9.47 Å². The number of hydrogen-bond acceptors (Lipinski definition) is 5. The molecule has 0 saturated carbocycles. The van der Waals surface area contributed by atoms with Gasteiger partial charge in [-0.3, -0.25) is 14.5 Å². The fourth-order valence-corrected chi connectivity index (χ4v) is 4.40. The maximum absolute atomic E-state index is 12.3. The van der Waals surface area contributed by atoms with Gasteiger partial charge in [-0.15, -0.1) is 0 Å². The van der Waals surface area contributed by atoms with Crippen molar-refractivity contribution in [2.75, 3.05) is 31.1 Å². The highest BCUT2D eigenvalue weighted by atomic mass is 16.4. The number of fused-ring (bicyclic) bond motifs is 1. The van der Waals surface area contributed by atoms with E-state index in [2.05, 4.69) is 4.90 Å². The quantitative estimate of drug-likeness (QED) is 0.574. The standard InChI is InChI=1S/C24H25N3O5/c1-15(28)16-3-6-18(7-4-16)26-9-11-27(12-10-26)22(24(31)32)20-14-25(2)21-8-5-17(23(29)30)13-19(20)21/h3-8,13-14,22H,9-12H2,1-2H3,(H,29,30)(H,31,32)/t22-/m0/s1. The molecule has 3 aromatic rings. The van der Waals surface area contributed by atoms with Crippen molar-refractivity contribution < 1.29 is 24.6 Å². The number of hydrogen-bond donors (Lipinski definition) is 2. The van der Waals surface area contributed by atoms with Gasteiger partial charge < -0.3 is 19.7 Å². The first kappa shape index (κ1) is 21.6. The third kappa shape index (κ3) is 3.97. The molecule has 0 amide bonds. The minimum Gasteiger partial charge on any atom is -0.480 e. The van der Waals surface area contributed by atoms with E-state index in [1.165, 1.54) is 13.0 Å². The van der Waals surface area contributed by atoms with Crippen molar-refractivity contribution in [2.24, 2.45) is 7.05 Å². The predicted octanol–water partition coefficient (Wildman–Crippen LogP) is 3.03. The van der Waals surface area contributed by atoms with Crippen molar-refractivity contribution in [3.05, 3.63) is 65.4 Å². The van der Waals surface area contributed by atoms with Gasteiger partial charge in [0.1, 0.15) is 6.04 Å². The van der Waals surface area contributed by atoms with E-state index in [9.17, 15) is 24.6 Å². The summed E-state index contributed by atoms with van der Waals surface area (Å²) in [6.07, 6.45) is 1.78. The molecule has 0 unspecified atom stereocenters. The maximum Gasteiger partial charge on any atom is 0.335 e. The molecule has 2 heterocycles. The van der Waals surface area contributed by atoms with Gasteiger partial charge in [-0.1, -0.05) is 0 Å². The summed E-state index contributed by atoms with van der Waals surface area (Å²) in [6.45, 7) is 3.91. The van der Waals surface area contributed by atoms with Crippen LogP contribution in [0.25, 0.3) is 10.9 Å². The van der Waals surface area contributed by atoms with Gasteiger partial charge in [0.15, 0.2) is 5.78 Å². The lowest BCUT2D eigenvalue weighted by atomic mass is 10.0. The minimum atomic E-state index is -1.04. The summed E-state index contributed by atoms with van der Waals surface area (Å²) in [5.41, 5.74) is 3.18. The lowest BCUT2D eigenvalue weighted by Crippen LogP contribution is -2.49. The first-order valence-corrected chi connectivity index (χ1v) is 10.4. The Hall–Kier alpha value is -3.65.